The summed E-state index contributed by atoms with van der Waals surface area (Å²) in [7, 11) is 0. The molecular formula is C11H19NO. The lowest BCUT2D eigenvalue weighted by molar-refractivity contribution is 0.196. The number of allylic oxidation sites excluding steroid dienone is 3. The molecule has 0 rings (SSSR count). The fourth-order valence-corrected chi connectivity index (χ4v) is 0.926. The van der Waals surface area contributed by atoms with E-state index in [9.17, 15) is 0 Å². The van der Waals surface area contributed by atoms with Crippen molar-refractivity contribution in [2.75, 3.05) is 0 Å². The molecule has 0 unspecified atom stereocenters. The quantitative estimate of drug-likeness (QED) is 0.487. The van der Waals surface area contributed by atoms with E-state index >= 15 is 0 Å². The predicted octanol–water partition coefficient (Wildman–Crippen LogP) is 3.03. The van der Waals surface area contributed by atoms with Crippen LogP contribution in [0.2, 0.25) is 0 Å². The Morgan fingerprint density at radius 3 is 2.15 bits per heavy atom. The molecule has 0 aromatic heterocycles. The third kappa shape index (κ3) is 4.53. The van der Waals surface area contributed by atoms with Gasteiger partial charge in [0.15, 0.2) is 0 Å². The number of rotatable bonds is 6. The zero-order valence-electron chi connectivity index (χ0n) is 8.56. The van der Waals surface area contributed by atoms with Gasteiger partial charge in [0.2, 0.25) is 0 Å². The minimum absolute atomic E-state index is 0.433. The second kappa shape index (κ2) is 5.60. The van der Waals surface area contributed by atoms with Gasteiger partial charge >= 0.3 is 0 Å². The van der Waals surface area contributed by atoms with Crippen LogP contribution in [0, 0.1) is 5.92 Å². The van der Waals surface area contributed by atoms with Crippen LogP contribution in [0.5, 0.6) is 0 Å². The Bertz CT molecular complexity index is 216. The van der Waals surface area contributed by atoms with Crippen molar-refractivity contribution in [3.63, 3.8) is 0 Å². The van der Waals surface area contributed by atoms with Gasteiger partial charge in [-0.05, 0) is 18.8 Å². The normalized spacial score (nSPS) is 9.85. The second-order valence-electron chi connectivity index (χ2n) is 3.50. The third-order valence-electron chi connectivity index (χ3n) is 2.04. The molecule has 0 radical (unpaired) electrons. The first-order valence-electron chi connectivity index (χ1n) is 4.43. The Balaban J connectivity index is 3.88. The zero-order chi connectivity index (χ0) is 10.4. The van der Waals surface area contributed by atoms with Crippen molar-refractivity contribution >= 4 is 0 Å². The first-order valence-corrected chi connectivity index (χ1v) is 4.43. The molecule has 0 saturated heterocycles. The van der Waals surface area contributed by atoms with Gasteiger partial charge in [-0.1, -0.05) is 44.7 Å². The molecule has 0 aromatic carbocycles. The first-order chi connectivity index (χ1) is 5.99. The number of nitrogens with one attached hydrogen (secondary N) is 1. The maximum Gasteiger partial charge on any atom is 0.0307 e. The van der Waals surface area contributed by atoms with Crippen molar-refractivity contribution in [1.29, 1.82) is 0 Å². The van der Waals surface area contributed by atoms with Crippen LogP contribution in [0.4, 0.5) is 0 Å². The Morgan fingerprint density at radius 1 is 1.23 bits per heavy atom. The molecule has 0 bridgehead atoms. The Morgan fingerprint density at radius 2 is 1.77 bits per heavy atom. The van der Waals surface area contributed by atoms with Crippen molar-refractivity contribution < 1.29 is 5.21 Å². The van der Waals surface area contributed by atoms with Crippen LogP contribution in [0.15, 0.2) is 36.6 Å². The summed E-state index contributed by atoms with van der Waals surface area (Å²) >= 11 is 0. The summed E-state index contributed by atoms with van der Waals surface area (Å²) in [6.07, 6.45) is 1.49. The van der Waals surface area contributed by atoms with Gasteiger partial charge in [0.25, 0.3) is 0 Å². The fourth-order valence-electron chi connectivity index (χ4n) is 0.926. The summed E-state index contributed by atoms with van der Waals surface area (Å²) in [6, 6.07) is 0. The molecule has 0 aromatic rings. The molecule has 74 valence electrons. The van der Waals surface area contributed by atoms with Gasteiger partial charge in [-0.3, -0.25) is 10.7 Å². The minimum atomic E-state index is 0.433. The lowest BCUT2D eigenvalue weighted by Crippen LogP contribution is -2.06. The van der Waals surface area contributed by atoms with Crippen molar-refractivity contribution in [3.8, 4) is 0 Å². The first kappa shape index (κ1) is 12.0. The maximum absolute atomic E-state index is 8.49. The average Bonchev–Trinajstić information content (AvgIpc) is 2.11. The topological polar surface area (TPSA) is 32.3 Å². The fraction of sp³-hybridized carbons (Fsp3) is 0.455. The van der Waals surface area contributed by atoms with E-state index in [0.717, 1.165) is 17.6 Å². The van der Waals surface area contributed by atoms with E-state index in [1.807, 2.05) is 5.48 Å². The average molecular weight is 181 g/mol. The van der Waals surface area contributed by atoms with E-state index in [1.54, 1.807) is 0 Å². The van der Waals surface area contributed by atoms with Crippen LogP contribution in [0.1, 0.15) is 26.7 Å². The Kier molecular flexibility index (Phi) is 5.16. The van der Waals surface area contributed by atoms with E-state index in [0.29, 0.717) is 18.0 Å². The van der Waals surface area contributed by atoms with E-state index in [-0.39, 0.29) is 0 Å². The minimum Gasteiger partial charge on any atom is -0.291 e. The van der Waals surface area contributed by atoms with Gasteiger partial charge in [0.1, 0.15) is 0 Å². The summed E-state index contributed by atoms with van der Waals surface area (Å²) < 4.78 is 0. The molecular weight excluding hydrogens is 162 g/mol. The molecule has 2 heteroatoms. The molecule has 0 aliphatic carbocycles. The van der Waals surface area contributed by atoms with Crippen LogP contribution < -0.4 is 5.48 Å². The highest BCUT2D eigenvalue weighted by Crippen LogP contribution is 2.20. The van der Waals surface area contributed by atoms with E-state index in [2.05, 4.69) is 33.6 Å². The molecule has 0 spiro atoms. The van der Waals surface area contributed by atoms with Gasteiger partial charge in [-0.25, -0.2) is 0 Å². The lowest BCUT2D eigenvalue weighted by atomic mass is 9.95. The number of hydrogen-bond donors (Lipinski definition) is 2. The van der Waals surface area contributed by atoms with Gasteiger partial charge in [-0.15, -0.1) is 0 Å². The molecule has 0 fully saturated rings. The molecule has 2 N–H and O–H groups in total. The molecule has 0 atom stereocenters. The Labute approximate surface area is 80.6 Å². The summed E-state index contributed by atoms with van der Waals surface area (Å²) in [5.41, 5.74) is 4.74. The van der Waals surface area contributed by atoms with Gasteiger partial charge < -0.3 is 0 Å². The molecule has 0 saturated carbocycles. The zero-order valence-corrected chi connectivity index (χ0v) is 8.56. The smallest absolute Gasteiger partial charge is 0.0307 e. The van der Waals surface area contributed by atoms with Crippen molar-refractivity contribution in [3.05, 3.63) is 36.6 Å². The highest BCUT2D eigenvalue weighted by Gasteiger charge is 2.04. The summed E-state index contributed by atoms with van der Waals surface area (Å²) in [5.74, 6) is 0.433. The third-order valence-corrected chi connectivity index (χ3v) is 2.04. The van der Waals surface area contributed by atoms with Crippen LogP contribution in [0.25, 0.3) is 0 Å². The molecule has 13 heavy (non-hydrogen) atoms. The van der Waals surface area contributed by atoms with Gasteiger partial charge in [0, 0.05) is 5.70 Å². The summed E-state index contributed by atoms with van der Waals surface area (Å²) in [4.78, 5) is 0. The summed E-state index contributed by atoms with van der Waals surface area (Å²) in [5, 5.41) is 8.49. The van der Waals surface area contributed by atoms with Crippen LogP contribution >= 0.6 is 0 Å². The van der Waals surface area contributed by atoms with Crippen LogP contribution in [-0.2, 0) is 0 Å². The molecule has 0 aliphatic rings. The molecule has 0 heterocycles. The maximum atomic E-state index is 8.49. The molecule has 2 nitrogen and oxygen atoms in total. The summed E-state index contributed by atoms with van der Waals surface area (Å²) in [6.45, 7) is 15.7. The standard InChI is InChI=1S/C11H19NO/c1-8(2)11(5)9(3)6-7-10(4)12-13/h8,12-13H,3-7H2,1-2H3. The van der Waals surface area contributed by atoms with Crippen molar-refractivity contribution in [2.45, 2.75) is 26.7 Å². The molecule has 0 aliphatic heterocycles. The lowest BCUT2D eigenvalue weighted by Gasteiger charge is -2.12. The Hall–Kier alpha value is -1.02. The number of hydrogen-bond acceptors (Lipinski definition) is 2. The highest BCUT2D eigenvalue weighted by atomic mass is 16.5. The number of hydroxylamine groups is 1. The van der Waals surface area contributed by atoms with Crippen LogP contribution in [0.3, 0.4) is 0 Å². The van der Waals surface area contributed by atoms with Crippen molar-refractivity contribution in [2.24, 2.45) is 5.92 Å². The van der Waals surface area contributed by atoms with Gasteiger partial charge in [0.05, 0.1) is 0 Å². The van der Waals surface area contributed by atoms with Crippen molar-refractivity contribution in [1.82, 2.24) is 5.48 Å². The predicted molar refractivity (Wildman–Crippen MR) is 56.4 cm³/mol. The highest BCUT2D eigenvalue weighted by molar-refractivity contribution is 5.27. The monoisotopic (exact) mass is 181 g/mol. The van der Waals surface area contributed by atoms with E-state index < -0.39 is 0 Å². The SMILES string of the molecule is C=C(CCC(=C)C(=C)C(C)C)NO. The van der Waals surface area contributed by atoms with Crippen LogP contribution in [-0.4, -0.2) is 5.21 Å². The molecule has 0 amide bonds. The van der Waals surface area contributed by atoms with E-state index in [1.165, 1.54) is 0 Å². The van der Waals surface area contributed by atoms with E-state index in [4.69, 9.17) is 5.21 Å². The van der Waals surface area contributed by atoms with Gasteiger partial charge in [-0.2, -0.15) is 0 Å². The second-order valence-corrected chi connectivity index (χ2v) is 3.50. The largest absolute Gasteiger partial charge is 0.291 e.